The summed E-state index contributed by atoms with van der Waals surface area (Å²) in [7, 11) is 0. The summed E-state index contributed by atoms with van der Waals surface area (Å²) in [6.45, 7) is 5.82. The van der Waals surface area contributed by atoms with Crippen molar-refractivity contribution in [1.82, 2.24) is 5.32 Å². The van der Waals surface area contributed by atoms with Gasteiger partial charge in [-0.25, -0.2) is 4.39 Å². The predicted octanol–water partition coefficient (Wildman–Crippen LogP) is 3.44. The van der Waals surface area contributed by atoms with Crippen LogP contribution in [-0.4, -0.2) is 12.3 Å². The second kappa shape index (κ2) is 6.85. The molecule has 0 fully saturated rings. The van der Waals surface area contributed by atoms with Crippen molar-refractivity contribution in [2.24, 2.45) is 0 Å². The Morgan fingerprint density at radius 2 is 2.13 bits per heavy atom. The van der Waals surface area contributed by atoms with Gasteiger partial charge in [-0.1, -0.05) is 26.0 Å². The molecule has 0 unspecified atom stereocenters. The van der Waals surface area contributed by atoms with Crippen LogP contribution in [0, 0.1) is 5.82 Å². The van der Waals surface area contributed by atoms with E-state index in [-0.39, 0.29) is 5.82 Å². The first-order chi connectivity index (χ1) is 7.29. The van der Waals surface area contributed by atoms with E-state index < -0.39 is 0 Å². The van der Waals surface area contributed by atoms with E-state index in [1.165, 1.54) is 6.07 Å². The van der Waals surface area contributed by atoms with Crippen LogP contribution in [-0.2, 0) is 6.54 Å². The zero-order chi connectivity index (χ0) is 11.1. The lowest BCUT2D eigenvalue weighted by atomic mass is 10.2. The van der Waals surface area contributed by atoms with E-state index in [0.29, 0.717) is 0 Å². The summed E-state index contributed by atoms with van der Waals surface area (Å²) in [5.74, 6) is 0.879. The van der Waals surface area contributed by atoms with Gasteiger partial charge in [0.05, 0.1) is 0 Å². The largest absolute Gasteiger partial charge is 0.313 e. The van der Waals surface area contributed by atoms with Crippen LogP contribution in [0.1, 0.15) is 25.8 Å². The van der Waals surface area contributed by atoms with Gasteiger partial charge in [-0.2, -0.15) is 0 Å². The highest BCUT2D eigenvalue weighted by Crippen LogP contribution is 2.26. The highest BCUT2D eigenvalue weighted by Gasteiger charge is 2.07. The van der Waals surface area contributed by atoms with Gasteiger partial charge in [-0.05, 0) is 30.3 Å². The third kappa shape index (κ3) is 3.84. The van der Waals surface area contributed by atoms with Gasteiger partial charge in [0.1, 0.15) is 5.82 Å². The molecule has 0 saturated carbocycles. The molecule has 1 aromatic rings. The van der Waals surface area contributed by atoms with E-state index in [1.807, 2.05) is 6.07 Å². The van der Waals surface area contributed by atoms with Crippen molar-refractivity contribution in [3.05, 3.63) is 29.6 Å². The molecule has 1 N–H and O–H groups in total. The SMILES string of the molecule is CCCSc1c(F)cccc1CNCC. The van der Waals surface area contributed by atoms with Crippen LogP contribution in [0.2, 0.25) is 0 Å². The summed E-state index contributed by atoms with van der Waals surface area (Å²) in [5, 5.41) is 3.23. The number of hydrogen-bond acceptors (Lipinski definition) is 2. The molecule has 1 aromatic carbocycles. The third-order valence-corrected chi connectivity index (χ3v) is 3.42. The molecule has 0 atom stereocenters. The second-order valence-corrected chi connectivity index (χ2v) is 4.46. The standard InChI is InChI=1S/C12H18FNS/c1-3-8-15-12-10(9-14-4-2)6-5-7-11(12)13/h5-7,14H,3-4,8-9H2,1-2H3. The molecule has 0 aliphatic heterocycles. The molecular formula is C12H18FNS. The van der Waals surface area contributed by atoms with Crippen molar-refractivity contribution in [3.8, 4) is 0 Å². The lowest BCUT2D eigenvalue weighted by Gasteiger charge is -2.09. The molecular weight excluding hydrogens is 209 g/mol. The molecule has 84 valence electrons. The highest BCUT2D eigenvalue weighted by atomic mass is 32.2. The molecule has 0 radical (unpaired) electrons. The van der Waals surface area contributed by atoms with Gasteiger partial charge < -0.3 is 5.32 Å². The maximum absolute atomic E-state index is 13.6. The molecule has 0 bridgehead atoms. The van der Waals surface area contributed by atoms with Crippen LogP contribution in [0.25, 0.3) is 0 Å². The summed E-state index contributed by atoms with van der Waals surface area (Å²) in [4.78, 5) is 0.806. The number of nitrogens with one attached hydrogen (secondary N) is 1. The van der Waals surface area contributed by atoms with Crippen LogP contribution >= 0.6 is 11.8 Å². The molecule has 15 heavy (non-hydrogen) atoms. The van der Waals surface area contributed by atoms with E-state index in [4.69, 9.17) is 0 Å². The second-order valence-electron chi connectivity index (χ2n) is 3.36. The number of halogens is 1. The number of rotatable bonds is 6. The summed E-state index contributed by atoms with van der Waals surface area (Å²) >= 11 is 1.61. The van der Waals surface area contributed by atoms with E-state index in [2.05, 4.69) is 19.2 Å². The predicted molar refractivity (Wildman–Crippen MR) is 64.8 cm³/mol. The monoisotopic (exact) mass is 227 g/mol. The Bertz CT molecular complexity index is 302. The van der Waals surface area contributed by atoms with Crippen LogP contribution in [0.5, 0.6) is 0 Å². The van der Waals surface area contributed by atoms with Gasteiger partial charge in [-0.3, -0.25) is 0 Å². The molecule has 0 saturated heterocycles. The summed E-state index contributed by atoms with van der Waals surface area (Å²) < 4.78 is 13.6. The topological polar surface area (TPSA) is 12.0 Å². The van der Waals surface area contributed by atoms with Crippen LogP contribution < -0.4 is 5.32 Å². The molecule has 0 aromatic heterocycles. The Labute approximate surface area is 95.5 Å². The first kappa shape index (κ1) is 12.5. The van der Waals surface area contributed by atoms with Crippen LogP contribution in [0.15, 0.2) is 23.1 Å². The minimum atomic E-state index is -0.0937. The van der Waals surface area contributed by atoms with Crippen molar-refractivity contribution < 1.29 is 4.39 Å². The molecule has 0 spiro atoms. The average Bonchev–Trinajstić information content (AvgIpc) is 2.25. The first-order valence-electron chi connectivity index (χ1n) is 5.40. The van der Waals surface area contributed by atoms with Crippen molar-refractivity contribution in [3.63, 3.8) is 0 Å². The Morgan fingerprint density at radius 1 is 1.33 bits per heavy atom. The van der Waals surface area contributed by atoms with Crippen molar-refractivity contribution in [2.45, 2.75) is 31.7 Å². The normalized spacial score (nSPS) is 10.6. The Balaban J connectivity index is 2.77. The summed E-state index contributed by atoms with van der Waals surface area (Å²) in [6, 6.07) is 5.30. The molecule has 1 rings (SSSR count). The highest BCUT2D eigenvalue weighted by molar-refractivity contribution is 7.99. The maximum Gasteiger partial charge on any atom is 0.137 e. The molecule has 1 nitrogen and oxygen atoms in total. The molecule has 0 amide bonds. The molecule has 3 heteroatoms. The minimum Gasteiger partial charge on any atom is -0.313 e. The number of thioether (sulfide) groups is 1. The fourth-order valence-corrected chi connectivity index (χ4v) is 2.26. The van der Waals surface area contributed by atoms with Crippen molar-refractivity contribution in [1.29, 1.82) is 0 Å². The number of hydrogen-bond donors (Lipinski definition) is 1. The quantitative estimate of drug-likeness (QED) is 0.747. The van der Waals surface area contributed by atoms with Gasteiger partial charge in [0.25, 0.3) is 0 Å². The Hall–Kier alpha value is -0.540. The van der Waals surface area contributed by atoms with E-state index in [0.717, 1.165) is 35.7 Å². The third-order valence-electron chi connectivity index (χ3n) is 2.06. The number of benzene rings is 1. The zero-order valence-electron chi connectivity index (χ0n) is 9.35. The van der Waals surface area contributed by atoms with Crippen molar-refractivity contribution >= 4 is 11.8 Å². The van der Waals surface area contributed by atoms with Crippen LogP contribution in [0.4, 0.5) is 4.39 Å². The maximum atomic E-state index is 13.6. The van der Waals surface area contributed by atoms with E-state index >= 15 is 0 Å². The van der Waals surface area contributed by atoms with Gasteiger partial charge in [0, 0.05) is 11.4 Å². The van der Waals surface area contributed by atoms with E-state index in [1.54, 1.807) is 17.8 Å². The Kier molecular flexibility index (Phi) is 5.73. The molecule has 0 aliphatic rings. The first-order valence-corrected chi connectivity index (χ1v) is 6.39. The smallest absolute Gasteiger partial charge is 0.137 e. The van der Waals surface area contributed by atoms with Gasteiger partial charge in [0.15, 0.2) is 0 Å². The lowest BCUT2D eigenvalue weighted by Crippen LogP contribution is -2.12. The fourth-order valence-electron chi connectivity index (χ4n) is 1.32. The summed E-state index contributed by atoms with van der Waals surface area (Å²) in [6.07, 6.45) is 1.07. The molecule has 0 aliphatic carbocycles. The van der Waals surface area contributed by atoms with Gasteiger partial charge in [-0.15, -0.1) is 11.8 Å². The Morgan fingerprint density at radius 3 is 2.80 bits per heavy atom. The van der Waals surface area contributed by atoms with Gasteiger partial charge >= 0.3 is 0 Å². The van der Waals surface area contributed by atoms with Gasteiger partial charge in [0.2, 0.25) is 0 Å². The van der Waals surface area contributed by atoms with Crippen LogP contribution in [0.3, 0.4) is 0 Å². The molecule has 0 heterocycles. The minimum absolute atomic E-state index is 0.0937. The zero-order valence-corrected chi connectivity index (χ0v) is 10.2. The van der Waals surface area contributed by atoms with E-state index in [9.17, 15) is 4.39 Å². The fraction of sp³-hybridized carbons (Fsp3) is 0.500. The summed E-state index contributed by atoms with van der Waals surface area (Å²) in [5.41, 5.74) is 1.07. The lowest BCUT2D eigenvalue weighted by molar-refractivity contribution is 0.591. The van der Waals surface area contributed by atoms with Crippen molar-refractivity contribution in [2.75, 3.05) is 12.3 Å². The average molecular weight is 227 g/mol.